The molecule has 6 heteroatoms. The third-order valence-corrected chi connectivity index (χ3v) is 4.25. The van der Waals surface area contributed by atoms with Crippen molar-refractivity contribution in [2.45, 2.75) is 59.3 Å². The largest absolute Gasteiger partial charge is 0.469 e. The molecule has 1 saturated heterocycles. The Labute approximate surface area is 165 Å². The molecular formula is C18H36IN3O2. The van der Waals surface area contributed by atoms with Crippen LogP contribution in [0.3, 0.4) is 0 Å². The predicted molar refractivity (Wildman–Crippen MR) is 111 cm³/mol. The lowest BCUT2D eigenvalue weighted by molar-refractivity contribution is -0.140. The first-order valence-electron chi connectivity index (χ1n) is 9.16. The first-order chi connectivity index (χ1) is 11.1. The maximum atomic E-state index is 11.1. The first-order valence-corrected chi connectivity index (χ1v) is 9.16. The summed E-state index contributed by atoms with van der Waals surface area (Å²) in [4.78, 5) is 18.2. The molecule has 0 bridgehead atoms. The Balaban J connectivity index is 0.00000529. The van der Waals surface area contributed by atoms with E-state index in [0.29, 0.717) is 6.42 Å². The molecule has 1 unspecified atom stereocenters. The highest BCUT2D eigenvalue weighted by molar-refractivity contribution is 14.0. The molecule has 0 amide bonds. The first kappa shape index (κ1) is 23.5. The Hall–Kier alpha value is -0.530. The number of ether oxygens (including phenoxy) is 1. The number of halogens is 1. The predicted octanol–water partition coefficient (Wildman–Crippen LogP) is 3.67. The van der Waals surface area contributed by atoms with E-state index >= 15 is 0 Å². The number of nitrogens with zero attached hydrogens (tertiary/aromatic N) is 2. The molecule has 5 nitrogen and oxygen atoms in total. The molecule has 0 saturated carbocycles. The molecular weight excluding hydrogens is 417 g/mol. The summed E-state index contributed by atoms with van der Waals surface area (Å²) in [5, 5.41) is 3.42. The summed E-state index contributed by atoms with van der Waals surface area (Å²) >= 11 is 0. The highest BCUT2D eigenvalue weighted by Crippen LogP contribution is 2.23. The molecule has 0 aliphatic carbocycles. The fourth-order valence-electron chi connectivity index (χ4n) is 3.15. The summed E-state index contributed by atoms with van der Waals surface area (Å²) in [6, 6.07) is 0. The van der Waals surface area contributed by atoms with Crippen LogP contribution in [0.4, 0.5) is 0 Å². The van der Waals surface area contributed by atoms with Crippen molar-refractivity contribution in [2.75, 3.05) is 33.3 Å². The van der Waals surface area contributed by atoms with Gasteiger partial charge in [-0.1, -0.05) is 20.3 Å². The standard InChI is InChI=1S/C18H35N3O2.HI/c1-5-19-18(20-11-8-6-7-9-17(22)23-4)21-12-10-16(14-21)13-15(2)3;/h15-16H,5-14H2,1-4H3,(H,19,20);1H. The molecule has 0 aromatic rings. The normalized spacial score (nSPS) is 17.8. The number of esters is 1. The lowest BCUT2D eigenvalue weighted by Crippen LogP contribution is -2.40. The molecule has 0 aromatic carbocycles. The van der Waals surface area contributed by atoms with Crippen LogP contribution in [0.15, 0.2) is 4.99 Å². The molecule has 0 radical (unpaired) electrons. The van der Waals surface area contributed by atoms with Crippen molar-refractivity contribution >= 4 is 35.9 Å². The number of hydrogen-bond donors (Lipinski definition) is 1. The maximum Gasteiger partial charge on any atom is 0.305 e. The van der Waals surface area contributed by atoms with Gasteiger partial charge in [0, 0.05) is 32.6 Å². The summed E-state index contributed by atoms with van der Waals surface area (Å²) < 4.78 is 4.65. The van der Waals surface area contributed by atoms with E-state index in [-0.39, 0.29) is 29.9 Å². The highest BCUT2D eigenvalue weighted by Gasteiger charge is 2.25. The number of carbonyl (C=O) groups is 1. The van der Waals surface area contributed by atoms with Gasteiger partial charge in [0.05, 0.1) is 7.11 Å². The van der Waals surface area contributed by atoms with Crippen molar-refractivity contribution in [1.29, 1.82) is 0 Å². The van der Waals surface area contributed by atoms with Gasteiger partial charge in [0.15, 0.2) is 5.96 Å². The smallest absolute Gasteiger partial charge is 0.305 e. The van der Waals surface area contributed by atoms with Crippen molar-refractivity contribution in [2.24, 2.45) is 16.8 Å². The van der Waals surface area contributed by atoms with Crippen LogP contribution < -0.4 is 5.32 Å². The third-order valence-electron chi connectivity index (χ3n) is 4.25. The quantitative estimate of drug-likeness (QED) is 0.190. The maximum absolute atomic E-state index is 11.1. The minimum atomic E-state index is -0.116. The van der Waals surface area contributed by atoms with E-state index in [9.17, 15) is 4.79 Å². The average molecular weight is 453 g/mol. The van der Waals surface area contributed by atoms with Crippen LogP contribution >= 0.6 is 24.0 Å². The van der Waals surface area contributed by atoms with Gasteiger partial charge in [0.2, 0.25) is 0 Å². The van der Waals surface area contributed by atoms with Crippen LogP contribution in [0.2, 0.25) is 0 Å². The second-order valence-electron chi connectivity index (χ2n) is 6.85. The van der Waals surface area contributed by atoms with Gasteiger partial charge in [-0.3, -0.25) is 9.79 Å². The second-order valence-corrected chi connectivity index (χ2v) is 6.85. The monoisotopic (exact) mass is 453 g/mol. The zero-order chi connectivity index (χ0) is 17.1. The topological polar surface area (TPSA) is 53.9 Å². The Bertz CT molecular complexity index is 375. The lowest BCUT2D eigenvalue weighted by Gasteiger charge is -2.22. The molecule has 0 aromatic heterocycles. The van der Waals surface area contributed by atoms with Crippen molar-refractivity contribution in [3.8, 4) is 0 Å². The van der Waals surface area contributed by atoms with Crippen LogP contribution in [-0.4, -0.2) is 50.1 Å². The summed E-state index contributed by atoms with van der Waals surface area (Å²) in [5.74, 6) is 2.52. The van der Waals surface area contributed by atoms with E-state index in [1.807, 2.05) is 0 Å². The number of guanidine groups is 1. The van der Waals surface area contributed by atoms with E-state index < -0.39 is 0 Å². The molecule has 1 heterocycles. The number of carbonyl (C=O) groups excluding carboxylic acids is 1. The van der Waals surface area contributed by atoms with Crippen molar-refractivity contribution in [1.82, 2.24) is 10.2 Å². The zero-order valence-corrected chi connectivity index (χ0v) is 18.2. The third kappa shape index (κ3) is 9.69. The van der Waals surface area contributed by atoms with Crippen molar-refractivity contribution in [3.63, 3.8) is 0 Å². The summed E-state index contributed by atoms with van der Waals surface area (Å²) in [6.07, 6.45) is 6.04. The molecule has 24 heavy (non-hydrogen) atoms. The van der Waals surface area contributed by atoms with Gasteiger partial charge in [-0.15, -0.1) is 24.0 Å². The van der Waals surface area contributed by atoms with Gasteiger partial charge in [-0.05, 0) is 44.4 Å². The van der Waals surface area contributed by atoms with E-state index in [2.05, 4.69) is 35.7 Å². The molecule has 1 atom stereocenters. The number of hydrogen-bond acceptors (Lipinski definition) is 3. The fraction of sp³-hybridized carbons (Fsp3) is 0.889. The minimum Gasteiger partial charge on any atom is -0.469 e. The SMILES string of the molecule is CCNC(=NCCCCCC(=O)OC)N1CCC(CC(C)C)C1.I. The second kappa shape index (κ2) is 13.7. The van der Waals surface area contributed by atoms with Gasteiger partial charge in [-0.25, -0.2) is 0 Å². The van der Waals surface area contributed by atoms with Crippen LogP contribution in [0.5, 0.6) is 0 Å². The Kier molecular flexibility index (Phi) is 13.4. The van der Waals surface area contributed by atoms with E-state index in [4.69, 9.17) is 4.99 Å². The Morgan fingerprint density at radius 1 is 1.33 bits per heavy atom. The van der Waals surface area contributed by atoms with E-state index in [1.165, 1.54) is 20.0 Å². The fourth-order valence-corrected chi connectivity index (χ4v) is 3.15. The molecule has 1 fully saturated rings. The molecule has 1 N–H and O–H groups in total. The number of unbranched alkanes of at least 4 members (excludes halogenated alkanes) is 2. The lowest BCUT2D eigenvalue weighted by atomic mass is 9.97. The van der Waals surface area contributed by atoms with E-state index in [1.54, 1.807) is 0 Å². The van der Waals surface area contributed by atoms with Crippen LogP contribution in [0.1, 0.15) is 59.3 Å². The summed E-state index contributed by atoms with van der Waals surface area (Å²) in [7, 11) is 1.44. The van der Waals surface area contributed by atoms with Gasteiger partial charge in [0.25, 0.3) is 0 Å². The molecule has 1 aliphatic rings. The average Bonchev–Trinajstić information content (AvgIpc) is 2.96. The van der Waals surface area contributed by atoms with Crippen molar-refractivity contribution in [3.05, 3.63) is 0 Å². The Morgan fingerprint density at radius 2 is 2.08 bits per heavy atom. The van der Waals surface area contributed by atoms with Crippen LogP contribution in [0, 0.1) is 11.8 Å². The summed E-state index contributed by atoms with van der Waals surface area (Å²) in [6.45, 7) is 10.7. The summed E-state index contributed by atoms with van der Waals surface area (Å²) in [5.41, 5.74) is 0. The van der Waals surface area contributed by atoms with Crippen LogP contribution in [-0.2, 0) is 9.53 Å². The number of methoxy groups -OCH3 is 1. The number of nitrogens with one attached hydrogen (secondary N) is 1. The van der Waals surface area contributed by atoms with Gasteiger partial charge in [0.1, 0.15) is 0 Å². The zero-order valence-electron chi connectivity index (χ0n) is 15.8. The number of aliphatic imine (C=N–C) groups is 1. The molecule has 1 rings (SSSR count). The Morgan fingerprint density at radius 3 is 2.71 bits per heavy atom. The molecule has 1 aliphatic heterocycles. The molecule has 0 spiro atoms. The highest BCUT2D eigenvalue weighted by atomic mass is 127. The van der Waals surface area contributed by atoms with Gasteiger partial charge >= 0.3 is 5.97 Å². The van der Waals surface area contributed by atoms with Gasteiger partial charge in [-0.2, -0.15) is 0 Å². The van der Waals surface area contributed by atoms with E-state index in [0.717, 1.165) is 63.2 Å². The van der Waals surface area contributed by atoms with Crippen LogP contribution in [0.25, 0.3) is 0 Å². The molecule has 142 valence electrons. The van der Waals surface area contributed by atoms with Crippen molar-refractivity contribution < 1.29 is 9.53 Å². The number of likely N-dealkylation sites (tertiary alicyclic amines) is 1. The number of rotatable bonds is 9. The minimum absolute atomic E-state index is 0. The van der Waals surface area contributed by atoms with Gasteiger partial charge < -0.3 is 15.0 Å².